The molecule has 0 bridgehead atoms. The minimum Gasteiger partial charge on any atom is -0.392 e. The Morgan fingerprint density at radius 1 is 1.08 bits per heavy atom. The molecule has 0 aliphatic rings. The third-order valence-corrected chi connectivity index (χ3v) is 3.21. The van der Waals surface area contributed by atoms with Crippen molar-refractivity contribution in [3.63, 3.8) is 0 Å². The average molecular weight is 356 g/mol. The highest BCUT2D eigenvalue weighted by Gasteiger charge is 2.18. The number of aliphatic hydroxyl groups is 2. The van der Waals surface area contributed by atoms with E-state index in [-0.39, 0.29) is 31.3 Å². The minimum absolute atomic E-state index is 0.0819. The molecule has 0 amide bonds. The van der Waals surface area contributed by atoms with Crippen LogP contribution in [-0.2, 0) is 13.1 Å². The van der Waals surface area contributed by atoms with E-state index in [9.17, 15) is 20.2 Å². The third-order valence-electron chi connectivity index (χ3n) is 3.21. The van der Waals surface area contributed by atoms with Gasteiger partial charge in [-0.3, -0.25) is 0 Å². The Bertz CT molecular complexity index is 737. The number of hydrogen-bond acceptors (Lipinski definition) is 8. The molecule has 2 N–H and O–H groups in total. The predicted molar refractivity (Wildman–Crippen MR) is 86.0 cm³/mol. The molecular weight excluding hydrogens is 336 g/mol. The molecule has 0 saturated heterocycles. The number of nitrogens with zero attached hydrogens (tertiary/aromatic N) is 6. The zero-order valence-corrected chi connectivity index (χ0v) is 14.1. The summed E-state index contributed by atoms with van der Waals surface area (Å²) >= 11 is 0. The number of nitro groups is 2. The zero-order valence-electron chi connectivity index (χ0n) is 14.1. The van der Waals surface area contributed by atoms with E-state index in [1.165, 1.54) is 21.5 Å². The van der Waals surface area contributed by atoms with Crippen LogP contribution in [-0.4, -0.2) is 51.9 Å². The van der Waals surface area contributed by atoms with Crippen molar-refractivity contribution in [2.24, 2.45) is 0 Å². The largest absolute Gasteiger partial charge is 0.392 e. The van der Waals surface area contributed by atoms with E-state index in [1.54, 1.807) is 20.8 Å². The second-order valence-electron chi connectivity index (χ2n) is 5.18. The van der Waals surface area contributed by atoms with Gasteiger partial charge >= 0.3 is 11.6 Å². The molecule has 2 heterocycles. The first-order chi connectivity index (χ1) is 11.7. The monoisotopic (exact) mass is 356 g/mol. The summed E-state index contributed by atoms with van der Waals surface area (Å²) < 4.78 is 2.74. The third kappa shape index (κ3) is 5.32. The van der Waals surface area contributed by atoms with Crippen molar-refractivity contribution in [2.75, 3.05) is 6.61 Å². The molecule has 0 aliphatic heterocycles. The van der Waals surface area contributed by atoms with Crippen molar-refractivity contribution in [1.82, 2.24) is 19.1 Å². The van der Waals surface area contributed by atoms with E-state index >= 15 is 0 Å². The molecule has 0 spiro atoms. The Morgan fingerprint density at radius 2 is 1.52 bits per heavy atom. The van der Waals surface area contributed by atoms with Gasteiger partial charge in [0.2, 0.25) is 0 Å². The van der Waals surface area contributed by atoms with Gasteiger partial charge in [0, 0.05) is 13.8 Å². The summed E-state index contributed by atoms with van der Waals surface area (Å²) in [5.74, 6) is 0.906. The molecule has 1 unspecified atom stereocenters. The Kier molecular flexibility index (Phi) is 7.14. The molecule has 2 aromatic heterocycles. The van der Waals surface area contributed by atoms with Crippen molar-refractivity contribution in [3.05, 3.63) is 44.3 Å². The van der Waals surface area contributed by atoms with E-state index in [4.69, 9.17) is 10.2 Å². The maximum Gasteiger partial charge on any atom is 0.342 e. The quantitative estimate of drug-likeness (QED) is 0.560. The molecule has 0 radical (unpaired) electrons. The van der Waals surface area contributed by atoms with Crippen LogP contribution in [0.15, 0.2) is 12.4 Å². The van der Waals surface area contributed by atoms with Gasteiger partial charge in [-0.05, 0) is 16.8 Å². The summed E-state index contributed by atoms with van der Waals surface area (Å²) in [4.78, 5) is 27.4. The summed E-state index contributed by atoms with van der Waals surface area (Å²) in [6.07, 6.45) is 1.76. The molecule has 2 rings (SSSR count). The lowest BCUT2D eigenvalue weighted by Gasteiger charge is -2.04. The molecular formula is C13H20N6O6. The van der Waals surface area contributed by atoms with Gasteiger partial charge in [0.1, 0.15) is 25.5 Å². The number of imidazole rings is 2. The second-order valence-corrected chi connectivity index (χ2v) is 5.18. The summed E-state index contributed by atoms with van der Waals surface area (Å²) in [5.41, 5.74) is 0. The molecule has 1 atom stereocenters. The number of aryl methyl sites for hydroxylation is 2. The van der Waals surface area contributed by atoms with Gasteiger partial charge in [0.25, 0.3) is 0 Å². The van der Waals surface area contributed by atoms with Crippen LogP contribution >= 0.6 is 0 Å². The van der Waals surface area contributed by atoms with Gasteiger partial charge in [0.05, 0.1) is 12.7 Å². The van der Waals surface area contributed by atoms with Crippen molar-refractivity contribution >= 4 is 11.6 Å². The fraction of sp³-hybridized carbons (Fsp3) is 0.538. The molecule has 0 fully saturated rings. The van der Waals surface area contributed by atoms with Crippen LogP contribution in [0.1, 0.15) is 18.6 Å². The van der Waals surface area contributed by atoms with Crippen LogP contribution in [0.5, 0.6) is 0 Å². The molecule has 12 nitrogen and oxygen atoms in total. The lowest BCUT2D eigenvalue weighted by Crippen LogP contribution is -2.14. The van der Waals surface area contributed by atoms with Crippen molar-refractivity contribution in [2.45, 2.75) is 40.0 Å². The minimum atomic E-state index is -0.619. The lowest BCUT2D eigenvalue weighted by atomic mass is 10.4. The molecule has 138 valence electrons. The van der Waals surface area contributed by atoms with Crippen LogP contribution in [0.2, 0.25) is 0 Å². The highest BCUT2D eigenvalue weighted by Crippen LogP contribution is 2.14. The molecule has 0 aromatic carbocycles. The standard InChI is InChI=1S/C7H11N3O3.C6H9N3O3/c1-5(11)4-9-6(2)8-3-7(9)10(12)13;1-5-7-4-6(9(11)12)8(5)2-3-10/h3,5,11H,4H2,1-2H3;4,10H,2-3H2,1H3. The highest BCUT2D eigenvalue weighted by molar-refractivity contribution is 5.19. The second kappa shape index (κ2) is 8.84. The van der Waals surface area contributed by atoms with Gasteiger partial charge in [-0.25, -0.2) is 19.1 Å². The summed E-state index contributed by atoms with van der Waals surface area (Å²) in [5, 5.41) is 38.5. The van der Waals surface area contributed by atoms with Crippen molar-refractivity contribution in [1.29, 1.82) is 0 Å². The van der Waals surface area contributed by atoms with Crippen LogP contribution < -0.4 is 0 Å². The van der Waals surface area contributed by atoms with Crippen molar-refractivity contribution < 1.29 is 20.1 Å². The number of aliphatic hydroxyl groups excluding tert-OH is 2. The van der Waals surface area contributed by atoms with Gasteiger partial charge < -0.3 is 30.4 Å². The molecule has 0 aliphatic carbocycles. The fourth-order valence-electron chi connectivity index (χ4n) is 2.07. The Hall–Kier alpha value is -2.86. The Labute approximate surface area is 142 Å². The van der Waals surface area contributed by atoms with Crippen LogP contribution in [0.4, 0.5) is 11.6 Å². The fourth-order valence-corrected chi connectivity index (χ4v) is 2.07. The van der Waals surface area contributed by atoms with E-state index in [2.05, 4.69) is 9.97 Å². The number of aromatic nitrogens is 4. The van der Waals surface area contributed by atoms with Gasteiger partial charge in [-0.15, -0.1) is 0 Å². The van der Waals surface area contributed by atoms with E-state index in [1.807, 2.05) is 0 Å². The Balaban J connectivity index is 0.000000251. The number of rotatable bonds is 6. The van der Waals surface area contributed by atoms with Crippen molar-refractivity contribution in [3.8, 4) is 0 Å². The normalized spacial score (nSPS) is 11.6. The summed E-state index contributed by atoms with van der Waals surface area (Å²) in [7, 11) is 0. The van der Waals surface area contributed by atoms with E-state index < -0.39 is 16.0 Å². The first-order valence-corrected chi connectivity index (χ1v) is 7.31. The average Bonchev–Trinajstić information content (AvgIpc) is 3.05. The summed E-state index contributed by atoms with van der Waals surface area (Å²) in [6, 6.07) is 0. The van der Waals surface area contributed by atoms with Crippen LogP contribution in [0, 0.1) is 34.1 Å². The van der Waals surface area contributed by atoms with E-state index in [0.29, 0.717) is 11.6 Å². The first-order valence-electron chi connectivity index (χ1n) is 7.31. The SMILES string of the molecule is Cc1ncc([N+](=O)[O-])n1CC(C)O.Cc1ncc([N+](=O)[O-])n1CCO. The van der Waals surface area contributed by atoms with Gasteiger partial charge in [0.15, 0.2) is 11.6 Å². The molecule has 25 heavy (non-hydrogen) atoms. The zero-order chi connectivity index (χ0) is 19.1. The smallest absolute Gasteiger partial charge is 0.342 e. The molecule has 0 saturated carbocycles. The molecule has 2 aromatic rings. The van der Waals surface area contributed by atoms with Gasteiger partial charge in [-0.2, -0.15) is 0 Å². The highest BCUT2D eigenvalue weighted by atomic mass is 16.6. The van der Waals surface area contributed by atoms with E-state index in [0.717, 1.165) is 0 Å². The van der Waals surface area contributed by atoms with Crippen LogP contribution in [0.3, 0.4) is 0 Å². The maximum atomic E-state index is 10.5. The first kappa shape index (κ1) is 20.2. The Morgan fingerprint density at radius 3 is 1.92 bits per heavy atom. The number of hydrogen-bond donors (Lipinski definition) is 2. The van der Waals surface area contributed by atoms with Gasteiger partial charge in [-0.1, -0.05) is 0 Å². The summed E-state index contributed by atoms with van der Waals surface area (Å²) in [6.45, 7) is 5.17. The van der Waals surface area contributed by atoms with Crippen LogP contribution in [0.25, 0.3) is 0 Å². The maximum absolute atomic E-state index is 10.5. The topological polar surface area (TPSA) is 162 Å². The predicted octanol–water partition coefficient (Wildman–Crippen LogP) is 0.573. The molecule has 12 heteroatoms. The lowest BCUT2D eigenvalue weighted by molar-refractivity contribution is -0.392.